The zero-order valence-electron chi connectivity index (χ0n) is 12.0. The summed E-state index contributed by atoms with van der Waals surface area (Å²) in [5.41, 5.74) is 1.13. The monoisotopic (exact) mass is 388 g/mol. The highest BCUT2D eigenvalue weighted by molar-refractivity contribution is 9.09. The Balaban J connectivity index is 1.58. The second kappa shape index (κ2) is 5.32. The molecule has 1 aromatic carbocycles. The van der Waals surface area contributed by atoms with Crippen molar-refractivity contribution in [3.8, 4) is 5.75 Å². The minimum absolute atomic E-state index is 0.330. The minimum atomic E-state index is 0.330. The molecule has 4 rings (SSSR count). The SMILES string of the molecule is CCOc1cc(Cl)c(C(Br)C2C3C4CCC(C4)C32)cc1Cl. The fourth-order valence-electron chi connectivity index (χ4n) is 5.01. The second-order valence-electron chi connectivity index (χ2n) is 6.70. The lowest BCUT2D eigenvalue weighted by atomic mass is 9.97. The molecule has 4 heteroatoms. The molecule has 3 aliphatic rings. The van der Waals surface area contributed by atoms with Crippen LogP contribution in [0, 0.1) is 29.6 Å². The normalized spacial score (nSPS) is 37.4. The maximum absolute atomic E-state index is 6.48. The summed E-state index contributed by atoms with van der Waals surface area (Å²) in [5.74, 6) is 5.24. The van der Waals surface area contributed by atoms with Crippen LogP contribution in [0.25, 0.3) is 0 Å². The first kappa shape index (κ1) is 14.7. The fraction of sp³-hybridized carbons (Fsp3) is 0.647. The number of halogens is 3. The smallest absolute Gasteiger partial charge is 0.139 e. The van der Waals surface area contributed by atoms with Gasteiger partial charge in [-0.25, -0.2) is 0 Å². The van der Waals surface area contributed by atoms with E-state index in [-0.39, 0.29) is 0 Å². The Kier molecular flexibility index (Phi) is 3.71. The van der Waals surface area contributed by atoms with E-state index in [1.54, 1.807) is 0 Å². The van der Waals surface area contributed by atoms with Crippen LogP contribution in [0.5, 0.6) is 5.75 Å². The van der Waals surface area contributed by atoms with Gasteiger partial charge < -0.3 is 4.74 Å². The van der Waals surface area contributed by atoms with Gasteiger partial charge in [0, 0.05) is 15.9 Å². The van der Waals surface area contributed by atoms with Crippen LogP contribution in [-0.2, 0) is 0 Å². The van der Waals surface area contributed by atoms with E-state index in [1.165, 1.54) is 19.3 Å². The van der Waals surface area contributed by atoms with E-state index in [4.69, 9.17) is 27.9 Å². The lowest BCUT2D eigenvalue weighted by Crippen LogP contribution is -2.05. The number of alkyl halides is 1. The zero-order chi connectivity index (χ0) is 14.7. The van der Waals surface area contributed by atoms with E-state index < -0.39 is 0 Å². The van der Waals surface area contributed by atoms with Crippen LogP contribution in [0.3, 0.4) is 0 Å². The molecule has 21 heavy (non-hydrogen) atoms. The molecular weight excluding hydrogens is 371 g/mol. The molecule has 0 spiro atoms. The molecule has 1 nitrogen and oxygen atoms in total. The summed E-state index contributed by atoms with van der Waals surface area (Å²) in [5, 5.41) is 1.43. The molecule has 1 aromatic rings. The third-order valence-corrected chi connectivity index (χ3v) is 7.51. The summed E-state index contributed by atoms with van der Waals surface area (Å²) in [6.07, 6.45) is 4.36. The van der Waals surface area contributed by atoms with E-state index in [0.29, 0.717) is 22.2 Å². The van der Waals surface area contributed by atoms with E-state index in [0.717, 1.165) is 40.2 Å². The molecule has 0 radical (unpaired) electrons. The van der Waals surface area contributed by atoms with Crippen molar-refractivity contribution in [1.29, 1.82) is 0 Å². The number of fused-ring (bicyclic) bond motifs is 5. The molecule has 0 heterocycles. The Bertz CT molecular complexity index is 560. The minimum Gasteiger partial charge on any atom is -0.492 e. The Morgan fingerprint density at radius 2 is 1.86 bits per heavy atom. The van der Waals surface area contributed by atoms with Gasteiger partial charge in [-0.3, -0.25) is 0 Å². The van der Waals surface area contributed by atoms with Gasteiger partial charge >= 0.3 is 0 Å². The molecule has 0 saturated heterocycles. The fourth-order valence-corrected chi connectivity index (χ4v) is 6.73. The van der Waals surface area contributed by atoms with Crippen LogP contribution >= 0.6 is 39.1 Å². The quantitative estimate of drug-likeness (QED) is 0.563. The van der Waals surface area contributed by atoms with Gasteiger partial charge in [-0.2, -0.15) is 0 Å². The van der Waals surface area contributed by atoms with E-state index in [1.807, 2.05) is 19.1 Å². The van der Waals surface area contributed by atoms with Gasteiger partial charge in [0.15, 0.2) is 0 Å². The van der Waals surface area contributed by atoms with Crippen molar-refractivity contribution in [2.24, 2.45) is 29.6 Å². The average molecular weight is 390 g/mol. The molecule has 5 unspecified atom stereocenters. The highest BCUT2D eigenvalue weighted by atomic mass is 79.9. The summed E-state index contributed by atoms with van der Waals surface area (Å²) in [4.78, 5) is 0.330. The van der Waals surface area contributed by atoms with Gasteiger partial charge in [-0.05, 0) is 67.4 Å². The summed E-state index contributed by atoms with van der Waals surface area (Å²) in [6.45, 7) is 2.55. The maximum atomic E-state index is 6.48. The first-order chi connectivity index (χ1) is 10.1. The summed E-state index contributed by atoms with van der Waals surface area (Å²) in [7, 11) is 0. The molecule has 3 saturated carbocycles. The van der Waals surface area contributed by atoms with Crippen molar-refractivity contribution < 1.29 is 4.74 Å². The van der Waals surface area contributed by atoms with Crippen molar-refractivity contribution in [1.82, 2.24) is 0 Å². The zero-order valence-corrected chi connectivity index (χ0v) is 15.1. The molecule has 3 aliphatic carbocycles. The van der Waals surface area contributed by atoms with Gasteiger partial charge in [0.2, 0.25) is 0 Å². The van der Waals surface area contributed by atoms with Crippen molar-refractivity contribution in [3.05, 3.63) is 27.7 Å². The highest BCUT2D eigenvalue weighted by Crippen LogP contribution is 2.73. The van der Waals surface area contributed by atoms with Gasteiger partial charge in [0.05, 0.1) is 11.6 Å². The summed E-state index contributed by atoms with van der Waals surface area (Å²) in [6, 6.07) is 3.86. The van der Waals surface area contributed by atoms with Crippen LogP contribution in [0.4, 0.5) is 0 Å². The van der Waals surface area contributed by atoms with E-state index in [9.17, 15) is 0 Å². The molecule has 114 valence electrons. The van der Waals surface area contributed by atoms with Gasteiger partial charge in [-0.15, -0.1) is 0 Å². The first-order valence-electron chi connectivity index (χ1n) is 7.87. The molecule has 2 bridgehead atoms. The molecule has 0 aromatic heterocycles. The molecule has 0 N–H and O–H groups in total. The van der Waals surface area contributed by atoms with Gasteiger partial charge in [0.1, 0.15) is 5.75 Å². The van der Waals surface area contributed by atoms with Crippen LogP contribution in [-0.4, -0.2) is 6.61 Å². The Morgan fingerprint density at radius 3 is 2.48 bits per heavy atom. The average Bonchev–Trinajstić information content (AvgIpc) is 2.89. The van der Waals surface area contributed by atoms with Crippen molar-refractivity contribution in [2.75, 3.05) is 6.61 Å². The molecular formula is C17H19BrCl2O. The lowest BCUT2D eigenvalue weighted by molar-refractivity contribution is 0.340. The molecule has 0 aliphatic heterocycles. The summed E-state index contributed by atoms with van der Waals surface area (Å²) >= 11 is 16.7. The van der Waals surface area contributed by atoms with Crippen LogP contribution in [0.2, 0.25) is 10.0 Å². The van der Waals surface area contributed by atoms with Crippen LogP contribution in [0.1, 0.15) is 36.6 Å². The van der Waals surface area contributed by atoms with Crippen LogP contribution < -0.4 is 4.74 Å². The molecule has 0 amide bonds. The topological polar surface area (TPSA) is 9.23 Å². The molecule has 5 atom stereocenters. The number of hydrogen-bond acceptors (Lipinski definition) is 1. The second-order valence-corrected chi connectivity index (χ2v) is 8.51. The summed E-state index contributed by atoms with van der Waals surface area (Å²) < 4.78 is 5.52. The predicted octanol–water partition coefficient (Wildman–Crippen LogP) is 6.12. The number of benzene rings is 1. The third kappa shape index (κ3) is 2.24. The predicted molar refractivity (Wildman–Crippen MR) is 90.6 cm³/mol. The Morgan fingerprint density at radius 1 is 1.19 bits per heavy atom. The number of hydrogen-bond donors (Lipinski definition) is 0. The van der Waals surface area contributed by atoms with Gasteiger partial charge in [-0.1, -0.05) is 39.1 Å². The lowest BCUT2D eigenvalue weighted by Gasteiger charge is -2.18. The van der Waals surface area contributed by atoms with Crippen LogP contribution in [0.15, 0.2) is 12.1 Å². The van der Waals surface area contributed by atoms with Crippen molar-refractivity contribution in [3.63, 3.8) is 0 Å². The standard InChI is InChI=1S/C17H19BrCl2O/c1-2-21-13-7-11(19)10(6-12(13)20)17(18)16-14-8-3-4-9(5-8)15(14)16/h6-9,14-17H,2-5H2,1H3. The molecule has 3 fully saturated rings. The highest BCUT2D eigenvalue weighted by Gasteiger charge is 2.66. The van der Waals surface area contributed by atoms with Gasteiger partial charge in [0.25, 0.3) is 0 Å². The van der Waals surface area contributed by atoms with Crippen molar-refractivity contribution in [2.45, 2.75) is 31.0 Å². The number of ether oxygens (including phenoxy) is 1. The largest absolute Gasteiger partial charge is 0.492 e. The number of rotatable bonds is 4. The van der Waals surface area contributed by atoms with E-state index in [2.05, 4.69) is 15.9 Å². The maximum Gasteiger partial charge on any atom is 0.139 e. The third-order valence-electron chi connectivity index (χ3n) is 5.78. The first-order valence-corrected chi connectivity index (χ1v) is 9.54. The Labute approximate surface area is 144 Å². The Hall–Kier alpha value is 0.0800. The van der Waals surface area contributed by atoms with Crippen molar-refractivity contribution >= 4 is 39.1 Å². The van der Waals surface area contributed by atoms with E-state index >= 15 is 0 Å².